The molecule has 1 fully saturated rings. The molecule has 2 aromatic heterocycles. The second-order valence-electron chi connectivity index (χ2n) is 6.66. The minimum absolute atomic E-state index is 0.169. The molecule has 3 heterocycles. The van der Waals surface area contributed by atoms with Gasteiger partial charge in [0, 0.05) is 18.7 Å². The number of benzene rings is 1. The van der Waals surface area contributed by atoms with Gasteiger partial charge in [-0.05, 0) is 37.5 Å². The van der Waals surface area contributed by atoms with Crippen LogP contribution in [-0.2, 0) is 11.3 Å². The van der Waals surface area contributed by atoms with Crippen molar-refractivity contribution in [2.75, 3.05) is 18.8 Å². The molecule has 0 bridgehead atoms. The molecule has 7 heteroatoms. The van der Waals surface area contributed by atoms with Gasteiger partial charge >= 0.3 is 0 Å². The van der Waals surface area contributed by atoms with Crippen LogP contribution in [0.4, 0.5) is 0 Å². The van der Waals surface area contributed by atoms with Crippen molar-refractivity contribution in [3.05, 3.63) is 54.0 Å². The van der Waals surface area contributed by atoms with E-state index in [-0.39, 0.29) is 5.91 Å². The lowest BCUT2D eigenvalue weighted by Gasteiger charge is -2.15. The number of amides is 1. The maximum absolute atomic E-state index is 12.4. The molecule has 0 unspecified atom stereocenters. The quantitative estimate of drug-likeness (QED) is 0.610. The Bertz CT molecular complexity index is 914. The fourth-order valence-corrected chi connectivity index (χ4v) is 4.14. The van der Waals surface area contributed by atoms with E-state index < -0.39 is 0 Å². The Kier molecular flexibility index (Phi) is 5.29. The number of nitrogens with zero attached hydrogens (tertiary/aromatic N) is 4. The van der Waals surface area contributed by atoms with Gasteiger partial charge in [0.2, 0.25) is 5.91 Å². The highest BCUT2D eigenvalue weighted by atomic mass is 32.2. The van der Waals surface area contributed by atoms with Crippen LogP contribution in [0, 0.1) is 6.92 Å². The predicted molar refractivity (Wildman–Crippen MR) is 105 cm³/mol. The summed E-state index contributed by atoms with van der Waals surface area (Å²) >= 11 is 1.44. The smallest absolute Gasteiger partial charge is 0.233 e. The van der Waals surface area contributed by atoms with E-state index in [0.717, 1.165) is 53.8 Å². The van der Waals surface area contributed by atoms with E-state index in [1.54, 1.807) is 6.26 Å². The number of carbonyl (C=O) groups excluding carboxylic acids is 1. The Morgan fingerprint density at radius 2 is 1.96 bits per heavy atom. The summed E-state index contributed by atoms with van der Waals surface area (Å²) in [6, 6.07) is 11.9. The number of furan rings is 1. The lowest BCUT2D eigenvalue weighted by molar-refractivity contribution is -0.127. The van der Waals surface area contributed by atoms with E-state index in [0.29, 0.717) is 12.3 Å². The number of thioether (sulfide) groups is 1. The van der Waals surface area contributed by atoms with Crippen LogP contribution in [0.5, 0.6) is 0 Å². The first-order valence-electron chi connectivity index (χ1n) is 9.14. The summed E-state index contributed by atoms with van der Waals surface area (Å²) < 4.78 is 7.56. The first kappa shape index (κ1) is 17.9. The molecule has 140 valence electrons. The number of hydrogen-bond donors (Lipinski definition) is 0. The van der Waals surface area contributed by atoms with Crippen molar-refractivity contribution in [1.29, 1.82) is 0 Å². The number of rotatable bonds is 6. The zero-order valence-corrected chi connectivity index (χ0v) is 16.1. The maximum Gasteiger partial charge on any atom is 0.233 e. The molecule has 0 spiro atoms. The summed E-state index contributed by atoms with van der Waals surface area (Å²) in [5.74, 6) is 2.17. The van der Waals surface area contributed by atoms with Crippen LogP contribution in [0.2, 0.25) is 0 Å². The minimum Gasteiger partial charge on any atom is -0.467 e. The Hall–Kier alpha value is -2.54. The Morgan fingerprint density at radius 3 is 2.70 bits per heavy atom. The average molecular weight is 382 g/mol. The van der Waals surface area contributed by atoms with E-state index in [2.05, 4.69) is 23.2 Å². The largest absolute Gasteiger partial charge is 0.467 e. The normalized spacial score (nSPS) is 14.0. The van der Waals surface area contributed by atoms with Gasteiger partial charge in [-0.25, -0.2) is 0 Å². The summed E-state index contributed by atoms with van der Waals surface area (Å²) in [5.41, 5.74) is 2.17. The molecule has 4 rings (SSSR count). The van der Waals surface area contributed by atoms with Crippen LogP contribution in [0.15, 0.2) is 52.2 Å². The molecule has 0 saturated carbocycles. The van der Waals surface area contributed by atoms with Gasteiger partial charge in [-0.2, -0.15) is 0 Å². The molecule has 27 heavy (non-hydrogen) atoms. The monoisotopic (exact) mass is 382 g/mol. The zero-order chi connectivity index (χ0) is 18.6. The second-order valence-corrected chi connectivity index (χ2v) is 7.61. The molecular weight excluding hydrogens is 360 g/mol. The van der Waals surface area contributed by atoms with Gasteiger partial charge in [0.05, 0.1) is 18.6 Å². The number of carbonyl (C=O) groups is 1. The molecule has 0 radical (unpaired) electrons. The summed E-state index contributed by atoms with van der Waals surface area (Å²) in [7, 11) is 0. The molecule has 1 aromatic carbocycles. The lowest BCUT2D eigenvalue weighted by Crippen LogP contribution is -2.29. The van der Waals surface area contributed by atoms with Crippen molar-refractivity contribution >= 4 is 17.7 Å². The van der Waals surface area contributed by atoms with Crippen LogP contribution in [0.1, 0.15) is 24.2 Å². The third-order valence-corrected chi connectivity index (χ3v) is 5.73. The SMILES string of the molecule is Cc1ccccc1-c1nnc(SCC(=O)N2CCCC2)n1Cc1ccco1. The highest BCUT2D eigenvalue weighted by Crippen LogP contribution is 2.27. The van der Waals surface area contributed by atoms with Crippen LogP contribution < -0.4 is 0 Å². The molecule has 6 nitrogen and oxygen atoms in total. The minimum atomic E-state index is 0.169. The Labute approximate surface area is 162 Å². The van der Waals surface area contributed by atoms with Crippen molar-refractivity contribution < 1.29 is 9.21 Å². The molecule has 3 aromatic rings. The van der Waals surface area contributed by atoms with Crippen molar-refractivity contribution in [3.8, 4) is 11.4 Å². The van der Waals surface area contributed by atoms with E-state index in [4.69, 9.17) is 4.42 Å². The molecule has 1 aliphatic heterocycles. The predicted octanol–water partition coefficient (Wildman–Crippen LogP) is 3.61. The van der Waals surface area contributed by atoms with Gasteiger partial charge in [0.15, 0.2) is 11.0 Å². The van der Waals surface area contributed by atoms with Gasteiger partial charge in [-0.3, -0.25) is 9.36 Å². The third-order valence-electron chi connectivity index (χ3n) is 4.78. The first-order valence-corrected chi connectivity index (χ1v) is 10.1. The van der Waals surface area contributed by atoms with Crippen molar-refractivity contribution in [3.63, 3.8) is 0 Å². The van der Waals surface area contributed by atoms with Gasteiger partial charge in [-0.15, -0.1) is 10.2 Å². The number of likely N-dealkylation sites (tertiary alicyclic amines) is 1. The molecular formula is C20H22N4O2S. The van der Waals surface area contributed by atoms with Crippen LogP contribution in [0.3, 0.4) is 0 Å². The summed E-state index contributed by atoms with van der Waals surface area (Å²) in [5, 5.41) is 9.54. The summed E-state index contributed by atoms with van der Waals surface area (Å²) in [6.45, 7) is 4.33. The zero-order valence-electron chi connectivity index (χ0n) is 15.3. The van der Waals surface area contributed by atoms with E-state index >= 15 is 0 Å². The van der Waals surface area contributed by atoms with Gasteiger partial charge < -0.3 is 9.32 Å². The number of aryl methyl sites for hydroxylation is 1. The fraction of sp³-hybridized carbons (Fsp3) is 0.350. The average Bonchev–Trinajstić information content (AvgIpc) is 3.43. The van der Waals surface area contributed by atoms with E-state index in [9.17, 15) is 4.79 Å². The third kappa shape index (κ3) is 3.93. The number of hydrogen-bond acceptors (Lipinski definition) is 5. The van der Waals surface area contributed by atoms with Crippen molar-refractivity contribution in [2.45, 2.75) is 31.5 Å². The molecule has 1 amide bonds. The van der Waals surface area contributed by atoms with Gasteiger partial charge in [0.25, 0.3) is 0 Å². The summed E-state index contributed by atoms with van der Waals surface area (Å²) in [6.07, 6.45) is 3.86. The second kappa shape index (κ2) is 8.00. The van der Waals surface area contributed by atoms with Gasteiger partial charge in [0.1, 0.15) is 5.76 Å². The van der Waals surface area contributed by atoms with Crippen molar-refractivity contribution in [1.82, 2.24) is 19.7 Å². The van der Waals surface area contributed by atoms with Crippen molar-refractivity contribution in [2.24, 2.45) is 0 Å². The van der Waals surface area contributed by atoms with E-state index in [1.165, 1.54) is 11.8 Å². The molecule has 0 aliphatic carbocycles. The van der Waals surface area contributed by atoms with Gasteiger partial charge in [-0.1, -0.05) is 36.0 Å². The van der Waals surface area contributed by atoms with Crippen LogP contribution in [0.25, 0.3) is 11.4 Å². The molecule has 0 N–H and O–H groups in total. The van der Waals surface area contributed by atoms with Crippen LogP contribution >= 0.6 is 11.8 Å². The maximum atomic E-state index is 12.4. The lowest BCUT2D eigenvalue weighted by atomic mass is 10.1. The molecule has 0 atom stereocenters. The first-order chi connectivity index (χ1) is 13.2. The molecule has 1 saturated heterocycles. The highest BCUT2D eigenvalue weighted by molar-refractivity contribution is 7.99. The summed E-state index contributed by atoms with van der Waals surface area (Å²) in [4.78, 5) is 14.3. The van der Waals surface area contributed by atoms with E-state index in [1.807, 2.05) is 39.8 Å². The molecule has 1 aliphatic rings. The Morgan fingerprint density at radius 1 is 1.15 bits per heavy atom. The number of aromatic nitrogens is 3. The highest BCUT2D eigenvalue weighted by Gasteiger charge is 2.21. The van der Waals surface area contributed by atoms with Crippen LogP contribution in [-0.4, -0.2) is 44.4 Å². The fourth-order valence-electron chi connectivity index (χ4n) is 3.30. The standard InChI is InChI=1S/C20H22N4O2S/c1-15-7-2-3-9-17(15)19-21-22-20(24(19)13-16-8-6-12-26-16)27-14-18(25)23-10-4-5-11-23/h2-3,6-9,12H,4-5,10-11,13-14H2,1H3. The topological polar surface area (TPSA) is 64.2 Å². The Balaban J connectivity index is 1.60.